The van der Waals surface area contributed by atoms with Crippen molar-refractivity contribution in [3.8, 4) is 0 Å². The first-order valence-corrected chi connectivity index (χ1v) is 9.70. The summed E-state index contributed by atoms with van der Waals surface area (Å²) in [6, 6.07) is 11.4. The van der Waals surface area contributed by atoms with Gasteiger partial charge in [0.25, 0.3) is 17.5 Å². The van der Waals surface area contributed by atoms with E-state index in [1.807, 2.05) is 31.2 Å². The Bertz CT molecular complexity index is 1010. The Morgan fingerprint density at radius 3 is 2.33 bits per heavy atom. The lowest BCUT2D eigenvalue weighted by Crippen LogP contribution is -2.41. The van der Waals surface area contributed by atoms with E-state index in [1.165, 1.54) is 23.8 Å². The summed E-state index contributed by atoms with van der Waals surface area (Å²) in [5.41, 5.74) is 1.34. The van der Waals surface area contributed by atoms with Gasteiger partial charge < -0.3 is 5.32 Å². The van der Waals surface area contributed by atoms with Crippen LogP contribution in [0.5, 0.6) is 0 Å². The predicted octanol–water partition coefficient (Wildman–Crippen LogP) is 3.27. The van der Waals surface area contributed by atoms with E-state index in [4.69, 9.17) is 0 Å². The maximum atomic E-state index is 12.6. The van der Waals surface area contributed by atoms with Crippen molar-refractivity contribution in [2.24, 2.45) is 5.92 Å². The molecule has 2 aromatic carbocycles. The highest BCUT2D eigenvalue weighted by molar-refractivity contribution is 6.24. The third-order valence-electron chi connectivity index (χ3n) is 4.98. The van der Waals surface area contributed by atoms with Gasteiger partial charge in [-0.05, 0) is 36.5 Å². The van der Waals surface area contributed by atoms with Crippen LogP contribution in [0.4, 0.5) is 5.69 Å². The zero-order chi connectivity index (χ0) is 22.0. The number of imide groups is 1. The molecule has 0 saturated carbocycles. The quantitative estimate of drug-likeness (QED) is 0.429. The standard InChI is InChI=1S/C22H23N3O5/c1-13(2)11-15-7-9-16(10-8-15)14(3)23-19(26)12-24-21(27)17-5-4-6-18(25(29)30)20(17)22(24)28/h4-10,13-14H,11-12H2,1-3H3,(H,23,26)/t14-/m1/s1. The van der Waals surface area contributed by atoms with Gasteiger partial charge in [0.1, 0.15) is 12.1 Å². The number of carbonyl (C=O) groups is 3. The zero-order valence-electron chi connectivity index (χ0n) is 17.0. The molecule has 3 rings (SSSR count). The molecule has 1 atom stereocenters. The largest absolute Gasteiger partial charge is 0.348 e. The van der Waals surface area contributed by atoms with Crippen LogP contribution in [0.3, 0.4) is 0 Å². The summed E-state index contributed by atoms with van der Waals surface area (Å²) in [6.07, 6.45) is 0.965. The van der Waals surface area contributed by atoms with E-state index in [9.17, 15) is 24.5 Å². The van der Waals surface area contributed by atoms with Gasteiger partial charge in [0.15, 0.2) is 0 Å². The second-order valence-corrected chi connectivity index (χ2v) is 7.78. The van der Waals surface area contributed by atoms with E-state index >= 15 is 0 Å². The molecule has 0 fully saturated rings. The maximum Gasteiger partial charge on any atom is 0.282 e. The molecule has 2 aromatic rings. The van der Waals surface area contributed by atoms with Gasteiger partial charge in [0.05, 0.1) is 16.5 Å². The van der Waals surface area contributed by atoms with E-state index in [-0.39, 0.29) is 17.2 Å². The molecule has 8 heteroatoms. The molecule has 8 nitrogen and oxygen atoms in total. The fraction of sp³-hybridized carbons (Fsp3) is 0.318. The number of nitro benzene ring substituents is 1. The van der Waals surface area contributed by atoms with Gasteiger partial charge in [0.2, 0.25) is 5.91 Å². The topological polar surface area (TPSA) is 110 Å². The number of fused-ring (bicyclic) bond motifs is 1. The van der Waals surface area contributed by atoms with Gasteiger partial charge in [-0.25, -0.2) is 0 Å². The first-order valence-electron chi connectivity index (χ1n) is 9.70. The van der Waals surface area contributed by atoms with Crippen molar-refractivity contribution >= 4 is 23.4 Å². The molecule has 0 radical (unpaired) electrons. The third-order valence-corrected chi connectivity index (χ3v) is 4.98. The predicted molar refractivity (Wildman–Crippen MR) is 110 cm³/mol. The zero-order valence-corrected chi connectivity index (χ0v) is 17.0. The molecule has 0 aromatic heterocycles. The van der Waals surface area contributed by atoms with Crippen LogP contribution < -0.4 is 5.32 Å². The molecular weight excluding hydrogens is 386 g/mol. The number of hydrogen-bond acceptors (Lipinski definition) is 5. The number of benzene rings is 2. The monoisotopic (exact) mass is 409 g/mol. The summed E-state index contributed by atoms with van der Waals surface area (Å²) >= 11 is 0. The minimum Gasteiger partial charge on any atom is -0.348 e. The second kappa shape index (κ2) is 8.44. The van der Waals surface area contributed by atoms with Crippen LogP contribution in [-0.4, -0.2) is 34.1 Å². The summed E-state index contributed by atoms with van der Waals surface area (Å²) < 4.78 is 0. The van der Waals surface area contributed by atoms with Gasteiger partial charge in [-0.15, -0.1) is 0 Å². The molecule has 0 spiro atoms. The lowest BCUT2D eigenvalue weighted by molar-refractivity contribution is -0.385. The van der Waals surface area contributed by atoms with Crippen molar-refractivity contribution in [2.75, 3.05) is 6.54 Å². The van der Waals surface area contributed by atoms with Crippen LogP contribution in [-0.2, 0) is 11.2 Å². The van der Waals surface area contributed by atoms with Gasteiger partial charge >= 0.3 is 0 Å². The highest BCUT2D eigenvalue weighted by Gasteiger charge is 2.41. The molecule has 0 saturated heterocycles. The normalized spacial score (nSPS) is 14.1. The van der Waals surface area contributed by atoms with Gasteiger partial charge in [0, 0.05) is 6.07 Å². The Kier molecular flexibility index (Phi) is 5.96. The van der Waals surface area contributed by atoms with Crippen LogP contribution in [0.25, 0.3) is 0 Å². The second-order valence-electron chi connectivity index (χ2n) is 7.78. The summed E-state index contributed by atoms with van der Waals surface area (Å²) in [5, 5.41) is 13.9. The lowest BCUT2D eigenvalue weighted by atomic mass is 10.00. The number of nitrogens with one attached hydrogen (secondary N) is 1. The fourth-order valence-corrected chi connectivity index (χ4v) is 3.54. The maximum absolute atomic E-state index is 12.6. The van der Waals surface area contributed by atoms with Crippen LogP contribution in [0.15, 0.2) is 42.5 Å². The van der Waals surface area contributed by atoms with Crippen molar-refractivity contribution in [2.45, 2.75) is 33.2 Å². The van der Waals surface area contributed by atoms with Crippen molar-refractivity contribution in [1.29, 1.82) is 0 Å². The molecular formula is C22H23N3O5. The highest BCUT2D eigenvalue weighted by atomic mass is 16.6. The lowest BCUT2D eigenvalue weighted by Gasteiger charge is -2.18. The van der Waals surface area contributed by atoms with Crippen LogP contribution >= 0.6 is 0 Å². The number of rotatable bonds is 7. The minimum atomic E-state index is -0.830. The molecule has 0 aliphatic carbocycles. The Morgan fingerprint density at radius 2 is 1.73 bits per heavy atom. The number of nitro groups is 1. The fourth-order valence-electron chi connectivity index (χ4n) is 3.54. The first kappa shape index (κ1) is 21.2. The van der Waals surface area contributed by atoms with Crippen molar-refractivity contribution < 1.29 is 19.3 Å². The summed E-state index contributed by atoms with van der Waals surface area (Å²) in [6.45, 7) is 5.59. The summed E-state index contributed by atoms with van der Waals surface area (Å²) in [7, 11) is 0. The van der Waals surface area contributed by atoms with Crippen molar-refractivity contribution in [3.05, 3.63) is 74.8 Å². The number of hydrogen-bond donors (Lipinski definition) is 1. The molecule has 1 aliphatic heterocycles. The SMILES string of the molecule is CC(C)Cc1ccc([C@@H](C)NC(=O)CN2C(=O)c3cccc([N+](=O)[O-])c3C2=O)cc1. The molecule has 30 heavy (non-hydrogen) atoms. The van der Waals surface area contributed by atoms with Crippen molar-refractivity contribution in [1.82, 2.24) is 10.2 Å². The molecule has 3 amide bonds. The minimum absolute atomic E-state index is 0.0595. The number of nitrogens with zero attached hydrogens (tertiary/aromatic N) is 2. The third kappa shape index (κ3) is 4.22. The van der Waals surface area contributed by atoms with E-state index in [2.05, 4.69) is 19.2 Å². The van der Waals surface area contributed by atoms with Gasteiger partial charge in [-0.2, -0.15) is 0 Å². The van der Waals surface area contributed by atoms with Gasteiger partial charge in [-0.3, -0.25) is 29.4 Å². The van der Waals surface area contributed by atoms with E-state index in [0.717, 1.165) is 16.9 Å². The molecule has 156 valence electrons. The molecule has 1 heterocycles. The molecule has 0 bridgehead atoms. The smallest absolute Gasteiger partial charge is 0.282 e. The number of amides is 3. The van der Waals surface area contributed by atoms with Crippen LogP contribution in [0, 0.1) is 16.0 Å². The first-order chi connectivity index (χ1) is 14.2. The van der Waals surface area contributed by atoms with E-state index in [1.54, 1.807) is 0 Å². The highest BCUT2D eigenvalue weighted by Crippen LogP contribution is 2.30. The Hall–Kier alpha value is -3.55. The van der Waals surface area contributed by atoms with Crippen LogP contribution in [0.1, 0.15) is 58.7 Å². The molecule has 0 unspecified atom stereocenters. The van der Waals surface area contributed by atoms with Crippen molar-refractivity contribution in [3.63, 3.8) is 0 Å². The Labute approximate surface area is 174 Å². The van der Waals surface area contributed by atoms with E-state index < -0.39 is 34.9 Å². The van der Waals surface area contributed by atoms with Crippen LogP contribution in [0.2, 0.25) is 0 Å². The molecule has 1 aliphatic rings. The number of carbonyl (C=O) groups excluding carboxylic acids is 3. The summed E-state index contributed by atoms with van der Waals surface area (Å²) in [4.78, 5) is 48.7. The average Bonchev–Trinajstić information content (AvgIpc) is 2.93. The van der Waals surface area contributed by atoms with Gasteiger partial charge in [-0.1, -0.05) is 44.2 Å². The average molecular weight is 409 g/mol. The Morgan fingerprint density at radius 1 is 1.07 bits per heavy atom. The molecule has 1 N–H and O–H groups in total. The van der Waals surface area contributed by atoms with E-state index in [0.29, 0.717) is 5.92 Å². The Balaban J connectivity index is 1.68. The summed E-state index contributed by atoms with van der Waals surface area (Å²) in [5.74, 6) is -1.52.